The molecule has 2 aliphatic heterocycles. The third-order valence-electron chi connectivity index (χ3n) is 2.43. The average Bonchev–Trinajstić information content (AvgIpc) is 2.17. The molecule has 2 rings (SSSR count). The molecule has 0 spiro atoms. The zero-order chi connectivity index (χ0) is 10.1. The van der Waals surface area contributed by atoms with Crippen LogP contribution in [0.25, 0.3) is 0 Å². The Labute approximate surface area is 82.3 Å². The summed E-state index contributed by atoms with van der Waals surface area (Å²) in [6.45, 7) is 2.88. The van der Waals surface area contributed by atoms with E-state index in [0.717, 1.165) is 13.0 Å². The van der Waals surface area contributed by atoms with E-state index >= 15 is 0 Å². The fourth-order valence-corrected chi connectivity index (χ4v) is 1.59. The molecular weight excluding hydrogens is 182 g/mol. The molecule has 0 saturated carbocycles. The minimum atomic E-state index is -0.506. The molecule has 0 aromatic heterocycles. The summed E-state index contributed by atoms with van der Waals surface area (Å²) in [5.74, 6) is 0.544. The lowest BCUT2D eigenvalue weighted by molar-refractivity contribution is -0.119. The smallest absolute Gasteiger partial charge is 0.273 e. The summed E-state index contributed by atoms with van der Waals surface area (Å²) in [5.41, 5.74) is 6.11. The molecule has 6 nitrogen and oxygen atoms in total. The van der Waals surface area contributed by atoms with E-state index in [-0.39, 0.29) is 5.91 Å². The van der Waals surface area contributed by atoms with E-state index in [0.29, 0.717) is 17.6 Å². The van der Waals surface area contributed by atoms with Crippen LogP contribution in [0.3, 0.4) is 0 Å². The van der Waals surface area contributed by atoms with E-state index in [4.69, 9.17) is 5.73 Å². The van der Waals surface area contributed by atoms with Crippen LogP contribution in [0, 0.1) is 0 Å². The Morgan fingerprint density at radius 3 is 2.93 bits per heavy atom. The minimum Gasteiger partial charge on any atom is -0.373 e. The van der Waals surface area contributed by atoms with Crippen LogP contribution in [0.15, 0.2) is 11.5 Å². The Bertz CT molecular complexity index is 287. The first-order valence-corrected chi connectivity index (χ1v) is 4.78. The Morgan fingerprint density at radius 1 is 1.43 bits per heavy atom. The van der Waals surface area contributed by atoms with Gasteiger partial charge in [0.2, 0.25) is 0 Å². The topological polar surface area (TPSA) is 91.2 Å². The number of hydrogen-bond donors (Lipinski definition) is 5. The van der Waals surface area contributed by atoms with Crippen molar-refractivity contribution in [2.24, 2.45) is 5.73 Å². The third kappa shape index (κ3) is 1.48. The average molecular weight is 197 g/mol. The minimum absolute atomic E-state index is 0.156. The third-order valence-corrected chi connectivity index (χ3v) is 2.43. The van der Waals surface area contributed by atoms with Crippen molar-refractivity contribution in [2.75, 3.05) is 6.54 Å². The van der Waals surface area contributed by atoms with Crippen molar-refractivity contribution in [1.29, 1.82) is 0 Å². The lowest BCUT2D eigenvalue weighted by Crippen LogP contribution is -2.63. The predicted molar refractivity (Wildman–Crippen MR) is 51.5 cm³/mol. The van der Waals surface area contributed by atoms with Crippen LogP contribution < -0.4 is 27.0 Å². The molecule has 0 fully saturated rings. The number of nitrogens with two attached hydrogens (primary N) is 1. The molecular formula is C8H15N5O. The highest BCUT2D eigenvalue weighted by molar-refractivity contribution is 5.94. The highest BCUT2D eigenvalue weighted by Gasteiger charge is 2.28. The maximum absolute atomic E-state index is 11.5. The van der Waals surface area contributed by atoms with Crippen molar-refractivity contribution in [1.82, 2.24) is 21.3 Å². The molecule has 78 valence electrons. The molecule has 1 amide bonds. The summed E-state index contributed by atoms with van der Waals surface area (Å²) >= 11 is 0. The molecule has 0 bridgehead atoms. The van der Waals surface area contributed by atoms with Gasteiger partial charge in [0, 0.05) is 12.6 Å². The fourth-order valence-electron chi connectivity index (χ4n) is 1.59. The maximum Gasteiger partial charge on any atom is 0.273 e. The molecule has 0 aromatic rings. The van der Waals surface area contributed by atoms with Gasteiger partial charge in [-0.3, -0.25) is 10.5 Å². The molecule has 2 aliphatic rings. The lowest BCUT2D eigenvalue weighted by Gasteiger charge is -2.35. The number of carbonyl (C=O) groups is 1. The van der Waals surface area contributed by atoms with Gasteiger partial charge in [0.1, 0.15) is 11.5 Å². The second-order valence-corrected chi connectivity index (χ2v) is 3.48. The van der Waals surface area contributed by atoms with Gasteiger partial charge in [0.15, 0.2) is 6.29 Å². The van der Waals surface area contributed by atoms with Crippen LogP contribution in [0.1, 0.15) is 13.3 Å². The van der Waals surface area contributed by atoms with E-state index in [2.05, 4.69) is 28.2 Å². The zero-order valence-electron chi connectivity index (χ0n) is 8.05. The summed E-state index contributed by atoms with van der Waals surface area (Å²) in [7, 11) is 0. The molecule has 1 unspecified atom stereocenters. The van der Waals surface area contributed by atoms with Crippen LogP contribution >= 0.6 is 0 Å². The Kier molecular flexibility index (Phi) is 2.20. The van der Waals surface area contributed by atoms with Crippen molar-refractivity contribution in [3.63, 3.8) is 0 Å². The summed E-state index contributed by atoms with van der Waals surface area (Å²) in [4.78, 5) is 11.5. The van der Waals surface area contributed by atoms with Gasteiger partial charge in [-0.2, -0.15) is 0 Å². The first kappa shape index (κ1) is 9.14. The molecule has 2 heterocycles. The van der Waals surface area contributed by atoms with Crippen molar-refractivity contribution < 1.29 is 4.79 Å². The molecule has 0 aromatic carbocycles. The van der Waals surface area contributed by atoms with Gasteiger partial charge in [0.25, 0.3) is 5.91 Å². The number of hydrogen-bond acceptors (Lipinski definition) is 5. The van der Waals surface area contributed by atoms with Gasteiger partial charge >= 0.3 is 0 Å². The first-order chi connectivity index (χ1) is 6.70. The van der Waals surface area contributed by atoms with E-state index in [9.17, 15) is 4.79 Å². The second-order valence-electron chi connectivity index (χ2n) is 3.48. The second kappa shape index (κ2) is 3.38. The van der Waals surface area contributed by atoms with Gasteiger partial charge in [-0.25, -0.2) is 0 Å². The van der Waals surface area contributed by atoms with Crippen molar-refractivity contribution in [3.8, 4) is 0 Å². The van der Waals surface area contributed by atoms with Gasteiger partial charge < -0.3 is 21.3 Å². The largest absolute Gasteiger partial charge is 0.373 e. The molecule has 6 heteroatoms. The molecule has 2 atom stereocenters. The summed E-state index contributed by atoms with van der Waals surface area (Å²) in [5, 5.41) is 11.8. The van der Waals surface area contributed by atoms with Gasteiger partial charge in [-0.05, 0) is 6.42 Å². The summed E-state index contributed by atoms with van der Waals surface area (Å²) < 4.78 is 0. The van der Waals surface area contributed by atoms with E-state index in [1.54, 1.807) is 0 Å². The molecule has 0 radical (unpaired) electrons. The van der Waals surface area contributed by atoms with Crippen molar-refractivity contribution in [2.45, 2.75) is 25.7 Å². The van der Waals surface area contributed by atoms with Gasteiger partial charge in [0.05, 0.1) is 0 Å². The van der Waals surface area contributed by atoms with Crippen LogP contribution in [0.4, 0.5) is 0 Å². The number of rotatable bonds is 1. The molecule has 6 N–H and O–H groups in total. The fraction of sp³-hybridized carbons (Fsp3) is 0.625. The first-order valence-electron chi connectivity index (χ1n) is 4.78. The summed E-state index contributed by atoms with van der Waals surface area (Å²) in [6, 6.07) is 0.302. The van der Waals surface area contributed by atoms with Crippen molar-refractivity contribution in [3.05, 3.63) is 11.5 Å². The van der Waals surface area contributed by atoms with E-state index in [1.165, 1.54) is 0 Å². The monoisotopic (exact) mass is 197 g/mol. The predicted octanol–water partition coefficient (Wildman–Crippen LogP) is -1.91. The number of carbonyl (C=O) groups excluding carboxylic acids is 1. The van der Waals surface area contributed by atoms with E-state index < -0.39 is 6.29 Å². The quantitative estimate of drug-likeness (QED) is 0.338. The Balaban J connectivity index is 2.18. The van der Waals surface area contributed by atoms with Gasteiger partial charge in [-0.1, -0.05) is 6.92 Å². The highest BCUT2D eigenvalue weighted by atomic mass is 16.2. The Morgan fingerprint density at radius 2 is 2.21 bits per heavy atom. The molecule has 0 aliphatic carbocycles. The summed E-state index contributed by atoms with van der Waals surface area (Å²) in [6.07, 6.45) is 0.470. The number of nitrogens with one attached hydrogen (secondary N) is 4. The van der Waals surface area contributed by atoms with Crippen LogP contribution in [-0.2, 0) is 4.79 Å². The van der Waals surface area contributed by atoms with E-state index in [1.807, 2.05) is 0 Å². The molecule has 0 saturated heterocycles. The number of amides is 1. The Hall–Kier alpha value is -1.43. The SMILES string of the molecule is CC[C@H]1CNC2=C(N1)C(=O)NC(N)N2. The standard InChI is InChI=1S/C8H15N5O/c1-2-4-3-10-6-5(11-4)7(14)13-8(9)12-6/h4,8,10-12H,2-3,9H2,1H3,(H,13,14)/t4-,8?/m0/s1. The maximum atomic E-state index is 11.5. The van der Waals surface area contributed by atoms with Gasteiger partial charge in [-0.15, -0.1) is 0 Å². The zero-order valence-corrected chi connectivity index (χ0v) is 8.05. The molecule has 14 heavy (non-hydrogen) atoms. The van der Waals surface area contributed by atoms with Crippen LogP contribution in [0.2, 0.25) is 0 Å². The highest BCUT2D eigenvalue weighted by Crippen LogP contribution is 2.08. The van der Waals surface area contributed by atoms with Crippen LogP contribution in [-0.4, -0.2) is 24.8 Å². The van der Waals surface area contributed by atoms with Crippen molar-refractivity contribution >= 4 is 5.91 Å². The normalized spacial score (nSPS) is 30.9. The van der Waals surface area contributed by atoms with Crippen LogP contribution in [0.5, 0.6) is 0 Å². The lowest BCUT2D eigenvalue weighted by atomic mass is 10.1.